The number of rotatable bonds is 3. The number of nitrogens with zero attached hydrogens (tertiary/aromatic N) is 2. The monoisotopic (exact) mass is 309 g/mol. The Morgan fingerprint density at radius 1 is 1.14 bits per heavy atom. The van der Waals surface area contributed by atoms with Gasteiger partial charge in [0.1, 0.15) is 0 Å². The van der Waals surface area contributed by atoms with Crippen molar-refractivity contribution in [3.05, 3.63) is 22.7 Å². The number of nitrogens with one attached hydrogen (secondary N) is 1. The summed E-state index contributed by atoms with van der Waals surface area (Å²) in [6.07, 6.45) is 0. The van der Waals surface area contributed by atoms with Gasteiger partial charge in [-0.2, -0.15) is 0 Å². The first-order valence-corrected chi connectivity index (χ1v) is 7.92. The van der Waals surface area contributed by atoms with Crippen molar-refractivity contribution >= 4 is 11.6 Å². The number of halogens is 1. The minimum Gasteiger partial charge on any atom is -0.454 e. The molecule has 3 aliphatic rings. The summed E-state index contributed by atoms with van der Waals surface area (Å²) >= 11 is 6.24. The summed E-state index contributed by atoms with van der Waals surface area (Å²) in [5.74, 6) is 1.46. The van der Waals surface area contributed by atoms with E-state index < -0.39 is 0 Å². The maximum atomic E-state index is 6.24. The molecule has 0 unspecified atom stereocenters. The van der Waals surface area contributed by atoms with Crippen molar-refractivity contribution < 1.29 is 9.47 Å². The predicted molar refractivity (Wildman–Crippen MR) is 81.1 cm³/mol. The fraction of sp³-hybridized carbons (Fsp3) is 0.600. The number of hydrogen-bond acceptors (Lipinski definition) is 5. The molecule has 2 saturated heterocycles. The molecule has 1 N–H and O–H groups in total. The third-order valence-corrected chi connectivity index (χ3v) is 4.86. The lowest BCUT2D eigenvalue weighted by molar-refractivity contribution is 0.0695. The van der Waals surface area contributed by atoms with E-state index in [0.29, 0.717) is 10.8 Å². The largest absolute Gasteiger partial charge is 0.454 e. The lowest BCUT2D eigenvalue weighted by Crippen LogP contribution is -2.61. The van der Waals surface area contributed by atoms with E-state index in [1.807, 2.05) is 6.07 Å². The number of piperazine rings is 1. The normalized spacial score (nSPS) is 23.3. The highest BCUT2D eigenvalue weighted by molar-refractivity contribution is 6.32. The van der Waals surface area contributed by atoms with Crippen LogP contribution in [0.15, 0.2) is 12.1 Å². The Morgan fingerprint density at radius 2 is 1.95 bits per heavy atom. The van der Waals surface area contributed by atoms with Crippen LogP contribution in [0.25, 0.3) is 0 Å². The highest BCUT2D eigenvalue weighted by Crippen LogP contribution is 2.40. The topological polar surface area (TPSA) is 37.0 Å². The van der Waals surface area contributed by atoms with Crippen LogP contribution in [0.4, 0.5) is 0 Å². The van der Waals surface area contributed by atoms with Crippen LogP contribution in [-0.4, -0.2) is 61.9 Å². The molecule has 4 rings (SSSR count). The van der Waals surface area contributed by atoms with Crippen LogP contribution in [0, 0.1) is 0 Å². The first-order chi connectivity index (χ1) is 10.3. The van der Waals surface area contributed by atoms with Gasteiger partial charge in [0.15, 0.2) is 11.5 Å². The van der Waals surface area contributed by atoms with Gasteiger partial charge in [-0.1, -0.05) is 11.6 Å². The Kier molecular flexibility index (Phi) is 3.67. The van der Waals surface area contributed by atoms with E-state index in [1.54, 1.807) is 0 Å². The maximum absolute atomic E-state index is 6.24. The molecule has 21 heavy (non-hydrogen) atoms. The molecule has 0 amide bonds. The van der Waals surface area contributed by atoms with Gasteiger partial charge in [0, 0.05) is 51.9 Å². The van der Waals surface area contributed by atoms with Gasteiger partial charge in [0.25, 0.3) is 0 Å². The Bertz CT molecular complexity index is 528. The summed E-state index contributed by atoms with van der Waals surface area (Å²) in [5, 5.41) is 4.00. The second-order valence-electron chi connectivity index (χ2n) is 5.94. The first kappa shape index (κ1) is 13.6. The smallest absolute Gasteiger partial charge is 0.231 e. The molecule has 0 aliphatic carbocycles. The molecule has 0 bridgehead atoms. The van der Waals surface area contributed by atoms with Crippen LogP contribution in [-0.2, 0) is 6.54 Å². The van der Waals surface area contributed by atoms with Crippen molar-refractivity contribution in [3.8, 4) is 11.5 Å². The third kappa shape index (κ3) is 2.71. The van der Waals surface area contributed by atoms with Gasteiger partial charge in [-0.15, -0.1) is 0 Å². The summed E-state index contributed by atoms with van der Waals surface area (Å²) in [6.45, 7) is 8.04. The van der Waals surface area contributed by atoms with Crippen LogP contribution < -0.4 is 14.8 Å². The Hall–Kier alpha value is -1.01. The van der Waals surface area contributed by atoms with Gasteiger partial charge in [0.05, 0.1) is 5.02 Å². The summed E-state index contributed by atoms with van der Waals surface area (Å²) in [7, 11) is 0. The molecule has 5 nitrogen and oxygen atoms in total. The molecular formula is C15H20ClN3O2. The van der Waals surface area contributed by atoms with Crippen molar-refractivity contribution in [3.63, 3.8) is 0 Å². The molecule has 0 atom stereocenters. The zero-order valence-electron chi connectivity index (χ0n) is 12.0. The number of ether oxygens (including phenoxy) is 2. The molecule has 0 saturated carbocycles. The van der Waals surface area contributed by atoms with Crippen molar-refractivity contribution in [1.82, 2.24) is 15.1 Å². The SMILES string of the molecule is Clc1cc(CN2CCN(C3CNC3)CC2)cc2c1OCO2. The fourth-order valence-corrected chi connectivity index (χ4v) is 3.48. The standard InChI is InChI=1S/C15H20ClN3O2/c16-13-5-11(6-14-15(13)21-10-20-14)9-18-1-3-19(4-2-18)12-7-17-8-12/h5-6,12,17H,1-4,7-10H2. The van der Waals surface area contributed by atoms with Crippen molar-refractivity contribution in [2.75, 3.05) is 46.1 Å². The minimum atomic E-state index is 0.270. The Morgan fingerprint density at radius 3 is 2.67 bits per heavy atom. The lowest BCUT2D eigenvalue weighted by atomic mass is 10.1. The van der Waals surface area contributed by atoms with E-state index in [0.717, 1.165) is 57.6 Å². The van der Waals surface area contributed by atoms with Crippen molar-refractivity contribution in [2.45, 2.75) is 12.6 Å². The summed E-state index contributed by atoms with van der Waals surface area (Å²) in [5.41, 5.74) is 1.20. The molecule has 3 aliphatic heterocycles. The molecule has 0 spiro atoms. The first-order valence-electron chi connectivity index (χ1n) is 7.55. The quantitative estimate of drug-likeness (QED) is 0.907. The van der Waals surface area contributed by atoms with Crippen molar-refractivity contribution in [2.24, 2.45) is 0 Å². The summed E-state index contributed by atoms with van der Waals surface area (Å²) < 4.78 is 10.8. The van der Waals surface area contributed by atoms with Crippen LogP contribution in [0.3, 0.4) is 0 Å². The highest BCUT2D eigenvalue weighted by atomic mass is 35.5. The molecule has 0 radical (unpaired) electrons. The van der Waals surface area contributed by atoms with E-state index in [4.69, 9.17) is 21.1 Å². The minimum absolute atomic E-state index is 0.270. The van der Waals surface area contributed by atoms with Gasteiger partial charge in [-0.25, -0.2) is 0 Å². The Labute approximate surface area is 129 Å². The fourth-order valence-electron chi connectivity index (χ4n) is 3.19. The zero-order chi connectivity index (χ0) is 14.2. The third-order valence-electron chi connectivity index (χ3n) is 4.58. The van der Waals surface area contributed by atoms with Gasteiger partial charge >= 0.3 is 0 Å². The second-order valence-corrected chi connectivity index (χ2v) is 6.34. The average molecular weight is 310 g/mol. The molecule has 6 heteroatoms. The molecule has 0 aromatic heterocycles. The van der Waals surface area contributed by atoms with Gasteiger partial charge < -0.3 is 14.8 Å². The molecule has 114 valence electrons. The Balaban J connectivity index is 1.37. The lowest BCUT2D eigenvalue weighted by Gasteiger charge is -2.43. The zero-order valence-corrected chi connectivity index (χ0v) is 12.7. The number of benzene rings is 1. The van der Waals surface area contributed by atoms with Crippen LogP contribution in [0.2, 0.25) is 5.02 Å². The van der Waals surface area contributed by atoms with Gasteiger partial charge in [-0.3, -0.25) is 9.80 Å². The maximum Gasteiger partial charge on any atom is 0.231 e. The van der Waals surface area contributed by atoms with E-state index in [1.165, 1.54) is 5.56 Å². The average Bonchev–Trinajstić information content (AvgIpc) is 2.88. The van der Waals surface area contributed by atoms with Gasteiger partial charge in [-0.05, 0) is 17.7 Å². The van der Waals surface area contributed by atoms with Crippen LogP contribution >= 0.6 is 11.6 Å². The van der Waals surface area contributed by atoms with E-state index in [9.17, 15) is 0 Å². The molecular weight excluding hydrogens is 290 g/mol. The second kappa shape index (κ2) is 5.65. The molecule has 1 aromatic carbocycles. The molecule has 3 heterocycles. The van der Waals surface area contributed by atoms with Gasteiger partial charge in [0.2, 0.25) is 6.79 Å². The number of fused-ring (bicyclic) bond motifs is 1. The van der Waals surface area contributed by atoms with Crippen LogP contribution in [0.1, 0.15) is 5.56 Å². The van der Waals surface area contributed by atoms with Crippen molar-refractivity contribution in [1.29, 1.82) is 0 Å². The van der Waals surface area contributed by atoms with E-state index in [-0.39, 0.29) is 6.79 Å². The highest BCUT2D eigenvalue weighted by Gasteiger charge is 2.28. The number of hydrogen-bond donors (Lipinski definition) is 1. The van der Waals surface area contributed by atoms with E-state index in [2.05, 4.69) is 21.2 Å². The summed E-state index contributed by atoms with van der Waals surface area (Å²) in [4.78, 5) is 5.08. The molecule has 1 aromatic rings. The summed E-state index contributed by atoms with van der Waals surface area (Å²) in [6, 6.07) is 4.81. The molecule has 2 fully saturated rings. The predicted octanol–water partition coefficient (Wildman–Crippen LogP) is 1.16. The van der Waals surface area contributed by atoms with Crippen LogP contribution in [0.5, 0.6) is 11.5 Å². The van der Waals surface area contributed by atoms with E-state index >= 15 is 0 Å².